The van der Waals surface area contributed by atoms with Crippen molar-refractivity contribution in [1.29, 1.82) is 0 Å². The lowest BCUT2D eigenvalue weighted by Crippen LogP contribution is -2.25. The topological polar surface area (TPSA) is 38.3 Å². The number of methoxy groups -OCH3 is 1. The highest BCUT2D eigenvalue weighted by Crippen LogP contribution is 2.17. The average molecular weight is 404 g/mol. The van der Waals surface area contributed by atoms with Gasteiger partial charge in [0.25, 0.3) is 0 Å². The lowest BCUT2D eigenvalue weighted by Gasteiger charge is -2.18. The highest BCUT2D eigenvalue weighted by atomic mass is 16.5. The quantitative estimate of drug-likeness (QED) is 0.194. The Labute approximate surface area is 180 Å². The number of benzene rings is 1. The van der Waals surface area contributed by atoms with Crippen molar-refractivity contribution in [2.24, 2.45) is 0 Å². The molecule has 1 unspecified atom stereocenters. The summed E-state index contributed by atoms with van der Waals surface area (Å²) in [6.45, 7) is 3.23. The van der Waals surface area contributed by atoms with Crippen LogP contribution in [-0.2, 0) is 9.53 Å². The lowest BCUT2D eigenvalue weighted by molar-refractivity contribution is -0.141. The second-order valence-corrected chi connectivity index (χ2v) is 8.29. The van der Waals surface area contributed by atoms with E-state index in [0.29, 0.717) is 6.42 Å². The zero-order chi connectivity index (χ0) is 21.0. The van der Waals surface area contributed by atoms with Crippen LogP contribution >= 0.6 is 0 Å². The first kappa shape index (κ1) is 25.7. The van der Waals surface area contributed by atoms with E-state index < -0.39 is 0 Å². The number of carbonyl (C=O) groups is 1. The average Bonchev–Trinajstić information content (AvgIpc) is 2.76. The minimum absolute atomic E-state index is 0.0469. The summed E-state index contributed by atoms with van der Waals surface area (Å²) in [5.41, 5.74) is 1.16. The first-order chi connectivity index (χ1) is 14.3. The van der Waals surface area contributed by atoms with E-state index in [1.54, 1.807) is 0 Å². The number of rotatable bonds is 19. The summed E-state index contributed by atoms with van der Waals surface area (Å²) in [6.07, 6.45) is 19.6. The van der Waals surface area contributed by atoms with Crippen molar-refractivity contribution in [3.63, 3.8) is 0 Å². The summed E-state index contributed by atoms with van der Waals surface area (Å²) >= 11 is 0. The molecule has 0 heterocycles. The van der Waals surface area contributed by atoms with E-state index in [1.807, 2.05) is 18.2 Å². The molecule has 1 rings (SSSR count). The molecular weight excluding hydrogens is 358 g/mol. The van der Waals surface area contributed by atoms with Gasteiger partial charge in [0, 0.05) is 6.04 Å². The summed E-state index contributed by atoms with van der Waals surface area (Å²) in [6, 6.07) is 10.2. The van der Waals surface area contributed by atoms with Gasteiger partial charge in [0.1, 0.15) is 0 Å². The summed E-state index contributed by atoms with van der Waals surface area (Å²) in [5.74, 6) is -0.160. The summed E-state index contributed by atoms with van der Waals surface area (Å²) < 4.78 is 4.85. The number of hydrogen-bond donors (Lipinski definition) is 1. The van der Waals surface area contributed by atoms with Crippen molar-refractivity contribution in [1.82, 2.24) is 5.32 Å². The first-order valence-corrected chi connectivity index (χ1v) is 12.1. The molecule has 3 heteroatoms. The second kappa shape index (κ2) is 18.7. The maximum Gasteiger partial charge on any atom is 0.307 e. The molecule has 0 saturated heterocycles. The molecule has 3 nitrogen and oxygen atoms in total. The SMILES string of the molecule is CCCCCCCCCCCCCCCCNC(CC(=O)OC)c1ccccc1. The third-order valence-corrected chi connectivity index (χ3v) is 5.72. The van der Waals surface area contributed by atoms with E-state index in [1.165, 1.54) is 97.0 Å². The molecule has 1 atom stereocenters. The monoisotopic (exact) mass is 403 g/mol. The summed E-state index contributed by atoms with van der Waals surface area (Å²) in [5, 5.41) is 3.54. The number of carbonyl (C=O) groups excluding carboxylic acids is 1. The highest BCUT2D eigenvalue weighted by Gasteiger charge is 2.15. The van der Waals surface area contributed by atoms with Gasteiger partial charge in [-0.25, -0.2) is 0 Å². The van der Waals surface area contributed by atoms with Crippen LogP contribution in [0.5, 0.6) is 0 Å². The Balaban J connectivity index is 1.98. The van der Waals surface area contributed by atoms with E-state index in [-0.39, 0.29) is 12.0 Å². The fourth-order valence-electron chi connectivity index (χ4n) is 3.84. The van der Waals surface area contributed by atoms with Gasteiger partial charge in [-0.1, -0.05) is 121 Å². The van der Waals surface area contributed by atoms with E-state index in [4.69, 9.17) is 4.74 Å². The van der Waals surface area contributed by atoms with Gasteiger partial charge < -0.3 is 10.1 Å². The molecule has 0 aliphatic carbocycles. The molecule has 0 spiro atoms. The molecule has 29 heavy (non-hydrogen) atoms. The van der Waals surface area contributed by atoms with Gasteiger partial charge >= 0.3 is 5.97 Å². The predicted molar refractivity (Wildman–Crippen MR) is 124 cm³/mol. The maximum atomic E-state index is 11.7. The standard InChI is InChI=1S/C26H45NO2/c1-3-4-5-6-7-8-9-10-11-12-13-14-15-19-22-27-25(23-26(28)29-2)24-20-17-16-18-21-24/h16-18,20-21,25,27H,3-15,19,22-23H2,1-2H3. The normalized spacial score (nSPS) is 12.1. The fraction of sp³-hybridized carbons (Fsp3) is 0.731. The van der Waals surface area contributed by atoms with Gasteiger partial charge in [0.2, 0.25) is 0 Å². The van der Waals surface area contributed by atoms with Crippen LogP contribution in [0.1, 0.15) is 115 Å². The smallest absolute Gasteiger partial charge is 0.307 e. The molecule has 0 fully saturated rings. The molecule has 1 aromatic carbocycles. The number of ether oxygens (including phenoxy) is 1. The van der Waals surface area contributed by atoms with E-state index in [9.17, 15) is 4.79 Å². The van der Waals surface area contributed by atoms with Crippen LogP contribution in [0.15, 0.2) is 30.3 Å². The van der Waals surface area contributed by atoms with Crippen LogP contribution in [0, 0.1) is 0 Å². The van der Waals surface area contributed by atoms with Crippen LogP contribution in [0.3, 0.4) is 0 Å². The Morgan fingerprint density at radius 2 is 1.28 bits per heavy atom. The zero-order valence-electron chi connectivity index (χ0n) is 19.1. The van der Waals surface area contributed by atoms with Crippen LogP contribution in [0.4, 0.5) is 0 Å². The molecule has 0 amide bonds. The van der Waals surface area contributed by atoms with Crippen LogP contribution < -0.4 is 5.32 Å². The summed E-state index contributed by atoms with van der Waals surface area (Å²) in [7, 11) is 1.46. The second-order valence-electron chi connectivity index (χ2n) is 8.29. The molecule has 1 aromatic rings. The van der Waals surface area contributed by atoms with Crippen molar-refractivity contribution < 1.29 is 9.53 Å². The van der Waals surface area contributed by atoms with Crippen molar-refractivity contribution >= 4 is 5.97 Å². The molecule has 0 radical (unpaired) electrons. The Morgan fingerprint density at radius 3 is 1.76 bits per heavy atom. The Hall–Kier alpha value is -1.35. The lowest BCUT2D eigenvalue weighted by atomic mass is 10.0. The predicted octanol–water partition coefficient (Wildman–Crippen LogP) is 7.36. The number of esters is 1. The minimum atomic E-state index is -0.160. The molecule has 0 aliphatic rings. The third-order valence-electron chi connectivity index (χ3n) is 5.72. The molecule has 0 saturated carbocycles. The maximum absolute atomic E-state index is 11.7. The number of unbranched alkanes of at least 4 members (excludes halogenated alkanes) is 13. The molecule has 0 bridgehead atoms. The highest BCUT2D eigenvalue weighted by molar-refractivity contribution is 5.70. The van der Waals surface area contributed by atoms with Gasteiger partial charge in [-0.05, 0) is 18.5 Å². The van der Waals surface area contributed by atoms with Crippen LogP contribution in [-0.4, -0.2) is 19.6 Å². The third kappa shape index (κ3) is 14.3. The van der Waals surface area contributed by atoms with Crippen LogP contribution in [0.25, 0.3) is 0 Å². The largest absolute Gasteiger partial charge is 0.469 e. The van der Waals surface area contributed by atoms with Crippen molar-refractivity contribution in [2.45, 2.75) is 109 Å². The zero-order valence-corrected chi connectivity index (χ0v) is 19.1. The van der Waals surface area contributed by atoms with E-state index in [0.717, 1.165) is 12.1 Å². The Kier molecular flexibility index (Phi) is 16.5. The Morgan fingerprint density at radius 1 is 0.793 bits per heavy atom. The Bertz CT molecular complexity index is 489. The van der Waals surface area contributed by atoms with Gasteiger partial charge in [0.15, 0.2) is 0 Å². The van der Waals surface area contributed by atoms with E-state index >= 15 is 0 Å². The molecule has 0 aliphatic heterocycles. The van der Waals surface area contributed by atoms with Gasteiger partial charge in [-0.3, -0.25) is 4.79 Å². The first-order valence-electron chi connectivity index (χ1n) is 12.1. The molecule has 1 N–H and O–H groups in total. The number of nitrogens with one attached hydrogen (secondary N) is 1. The van der Waals surface area contributed by atoms with Crippen molar-refractivity contribution in [3.8, 4) is 0 Å². The van der Waals surface area contributed by atoms with Gasteiger partial charge in [-0.2, -0.15) is 0 Å². The summed E-state index contributed by atoms with van der Waals surface area (Å²) in [4.78, 5) is 11.7. The molecular formula is C26H45NO2. The van der Waals surface area contributed by atoms with E-state index in [2.05, 4.69) is 24.4 Å². The molecule has 166 valence electrons. The fourth-order valence-corrected chi connectivity index (χ4v) is 3.84. The van der Waals surface area contributed by atoms with Crippen molar-refractivity contribution in [2.75, 3.05) is 13.7 Å². The number of hydrogen-bond acceptors (Lipinski definition) is 3. The van der Waals surface area contributed by atoms with Gasteiger partial charge in [0.05, 0.1) is 13.5 Å². The van der Waals surface area contributed by atoms with Gasteiger partial charge in [-0.15, -0.1) is 0 Å². The minimum Gasteiger partial charge on any atom is -0.469 e. The van der Waals surface area contributed by atoms with Crippen LogP contribution in [0.2, 0.25) is 0 Å². The molecule has 0 aromatic heterocycles. The van der Waals surface area contributed by atoms with Crippen molar-refractivity contribution in [3.05, 3.63) is 35.9 Å².